The third-order valence-corrected chi connectivity index (χ3v) is 3.90. The molecule has 0 aliphatic carbocycles. The molecule has 1 heterocycles. The summed E-state index contributed by atoms with van der Waals surface area (Å²) in [6.07, 6.45) is 0. The number of hydrogen-bond donors (Lipinski definition) is 1. The van der Waals surface area contributed by atoms with E-state index in [-0.39, 0.29) is 0 Å². The predicted molar refractivity (Wildman–Crippen MR) is 89.7 cm³/mol. The monoisotopic (exact) mass is 309 g/mol. The number of nitrogens with one attached hydrogen (secondary N) is 1. The summed E-state index contributed by atoms with van der Waals surface area (Å²) < 4.78 is 0. The smallest absolute Gasteiger partial charge is 0.253 e. The minimum atomic E-state index is 0.523. The molecule has 0 radical (unpaired) electrons. The first-order valence-corrected chi connectivity index (χ1v) is 7.67. The number of aromatic nitrogens is 2. The summed E-state index contributed by atoms with van der Waals surface area (Å²) in [6.45, 7) is 4.17. The Morgan fingerprint density at radius 3 is 2.50 bits per heavy atom. The van der Waals surface area contributed by atoms with E-state index in [2.05, 4.69) is 51.7 Å². The van der Waals surface area contributed by atoms with Crippen molar-refractivity contribution in [3.63, 3.8) is 0 Å². The standard InChI is InChI=1S/C16H15N5S/c1-11-8-9-14(10-12(11)2)17-15-19-21-16(22-15)20-18-13-6-4-3-5-7-13/h3-10H,1-2H3,(H,17,19). The van der Waals surface area contributed by atoms with Gasteiger partial charge in [0.25, 0.3) is 5.13 Å². The highest BCUT2D eigenvalue weighted by molar-refractivity contribution is 7.18. The zero-order chi connectivity index (χ0) is 15.4. The van der Waals surface area contributed by atoms with Crippen molar-refractivity contribution < 1.29 is 0 Å². The molecule has 0 unspecified atom stereocenters. The highest BCUT2D eigenvalue weighted by atomic mass is 32.1. The minimum absolute atomic E-state index is 0.523. The van der Waals surface area contributed by atoms with Crippen LogP contribution in [0.3, 0.4) is 0 Å². The number of hydrogen-bond acceptors (Lipinski definition) is 6. The van der Waals surface area contributed by atoms with Gasteiger partial charge in [-0.05, 0) is 49.2 Å². The summed E-state index contributed by atoms with van der Waals surface area (Å²) in [5, 5.41) is 20.8. The van der Waals surface area contributed by atoms with Gasteiger partial charge in [0.15, 0.2) is 0 Å². The zero-order valence-corrected chi connectivity index (χ0v) is 13.1. The quantitative estimate of drug-likeness (QED) is 0.664. The van der Waals surface area contributed by atoms with E-state index in [1.54, 1.807) is 0 Å². The van der Waals surface area contributed by atoms with Gasteiger partial charge in [0.1, 0.15) is 0 Å². The first kappa shape index (κ1) is 14.3. The van der Waals surface area contributed by atoms with Gasteiger partial charge in [-0.1, -0.05) is 35.6 Å². The van der Waals surface area contributed by atoms with Gasteiger partial charge in [-0.25, -0.2) is 0 Å². The van der Waals surface area contributed by atoms with Crippen LogP contribution in [-0.4, -0.2) is 10.2 Å². The average Bonchev–Trinajstić information content (AvgIpc) is 2.97. The van der Waals surface area contributed by atoms with Crippen LogP contribution in [0.15, 0.2) is 58.8 Å². The lowest BCUT2D eigenvalue weighted by Crippen LogP contribution is -1.91. The lowest BCUT2D eigenvalue weighted by atomic mass is 10.1. The lowest BCUT2D eigenvalue weighted by molar-refractivity contribution is 1.06. The van der Waals surface area contributed by atoms with E-state index in [0.29, 0.717) is 10.3 Å². The van der Waals surface area contributed by atoms with Crippen LogP contribution < -0.4 is 5.32 Å². The van der Waals surface area contributed by atoms with Gasteiger partial charge >= 0.3 is 0 Å². The molecule has 3 aromatic rings. The fourth-order valence-electron chi connectivity index (χ4n) is 1.84. The molecule has 2 aromatic carbocycles. The van der Waals surface area contributed by atoms with Gasteiger partial charge in [-0.2, -0.15) is 0 Å². The summed E-state index contributed by atoms with van der Waals surface area (Å²) in [7, 11) is 0. The number of rotatable bonds is 4. The van der Waals surface area contributed by atoms with Gasteiger partial charge in [0.05, 0.1) is 5.69 Å². The summed E-state index contributed by atoms with van der Waals surface area (Å²) >= 11 is 1.36. The second kappa shape index (κ2) is 6.44. The van der Waals surface area contributed by atoms with E-state index in [1.807, 2.05) is 36.4 Å². The Morgan fingerprint density at radius 1 is 0.909 bits per heavy atom. The summed E-state index contributed by atoms with van der Waals surface area (Å²) in [6, 6.07) is 15.7. The normalized spacial score (nSPS) is 11.0. The fourth-order valence-corrected chi connectivity index (χ4v) is 2.43. The largest absolute Gasteiger partial charge is 0.330 e. The average molecular weight is 309 g/mol. The molecule has 3 rings (SSSR count). The Hall–Kier alpha value is -2.60. The van der Waals surface area contributed by atoms with Gasteiger partial charge in [0, 0.05) is 5.69 Å². The van der Waals surface area contributed by atoms with Crippen LogP contribution in [0.5, 0.6) is 0 Å². The highest BCUT2D eigenvalue weighted by Crippen LogP contribution is 2.27. The zero-order valence-electron chi connectivity index (χ0n) is 12.3. The number of nitrogens with zero attached hydrogens (tertiary/aromatic N) is 4. The maximum atomic E-state index is 4.13. The van der Waals surface area contributed by atoms with Crippen LogP contribution >= 0.6 is 11.3 Å². The first-order chi connectivity index (χ1) is 10.7. The molecular formula is C16H15N5S. The topological polar surface area (TPSA) is 62.5 Å². The molecule has 0 spiro atoms. The van der Waals surface area contributed by atoms with Gasteiger partial charge in [-0.15, -0.1) is 20.4 Å². The Kier molecular flexibility index (Phi) is 4.20. The summed E-state index contributed by atoms with van der Waals surface area (Å²) in [5.74, 6) is 0. The molecule has 0 bridgehead atoms. The van der Waals surface area contributed by atoms with Crippen molar-refractivity contribution in [2.24, 2.45) is 10.2 Å². The molecule has 0 atom stereocenters. The molecule has 1 aromatic heterocycles. The Bertz CT molecular complexity index is 795. The summed E-state index contributed by atoms with van der Waals surface area (Å²) in [5.41, 5.74) is 4.28. The Balaban J connectivity index is 1.71. The lowest BCUT2D eigenvalue weighted by Gasteiger charge is -2.04. The number of aryl methyl sites for hydroxylation is 2. The number of benzene rings is 2. The van der Waals surface area contributed by atoms with Crippen LogP contribution in [0, 0.1) is 13.8 Å². The van der Waals surface area contributed by atoms with E-state index in [4.69, 9.17) is 0 Å². The van der Waals surface area contributed by atoms with E-state index in [1.165, 1.54) is 22.5 Å². The van der Waals surface area contributed by atoms with Crippen LogP contribution in [0.1, 0.15) is 11.1 Å². The molecule has 110 valence electrons. The fraction of sp³-hybridized carbons (Fsp3) is 0.125. The van der Waals surface area contributed by atoms with Crippen molar-refractivity contribution in [3.05, 3.63) is 59.7 Å². The van der Waals surface area contributed by atoms with E-state index in [0.717, 1.165) is 11.4 Å². The Labute approximate surface area is 132 Å². The van der Waals surface area contributed by atoms with Gasteiger partial charge in [-0.3, -0.25) is 0 Å². The predicted octanol–water partition coefficient (Wildman–Crippen LogP) is 5.31. The van der Waals surface area contributed by atoms with Crippen molar-refractivity contribution >= 4 is 33.0 Å². The molecular weight excluding hydrogens is 294 g/mol. The van der Waals surface area contributed by atoms with Crippen molar-refractivity contribution in [1.82, 2.24) is 10.2 Å². The van der Waals surface area contributed by atoms with E-state index >= 15 is 0 Å². The molecule has 0 fully saturated rings. The molecule has 0 aliphatic rings. The molecule has 22 heavy (non-hydrogen) atoms. The maximum Gasteiger partial charge on any atom is 0.253 e. The first-order valence-electron chi connectivity index (χ1n) is 6.85. The second-order valence-corrected chi connectivity index (χ2v) is 5.81. The second-order valence-electron chi connectivity index (χ2n) is 4.85. The maximum absolute atomic E-state index is 4.13. The molecule has 0 amide bonds. The summed E-state index contributed by atoms with van der Waals surface area (Å²) in [4.78, 5) is 0. The highest BCUT2D eigenvalue weighted by Gasteiger charge is 2.04. The molecule has 6 heteroatoms. The minimum Gasteiger partial charge on any atom is -0.330 e. The molecule has 0 saturated heterocycles. The van der Waals surface area contributed by atoms with Crippen LogP contribution in [0.4, 0.5) is 21.6 Å². The van der Waals surface area contributed by atoms with Crippen molar-refractivity contribution in [2.45, 2.75) is 13.8 Å². The van der Waals surface area contributed by atoms with Crippen molar-refractivity contribution in [2.75, 3.05) is 5.32 Å². The molecule has 0 saturated carbocycles. The van der Waals surface area contributed by atoms with E-state index < -0.39 is 0 Å². The SMILES string of the molecule is Cc1ccc(Nc2nnc(N=Nc3ccccc3)s2)cc1C. The van der Waals surface area contributed by atoms with Crippen molar-refractivity contribution in [3.8, 4) is 0 Å². The Morgan fingerprint density at radius 2 is 1.73 bits per heavy atom. The molecule has 5 nitrogen and oxygen atoms in total. The third-order valence-electron chi connectivity index (χ3n) is 3.18. The molecule has 0 aliphatic heterocycles. The van der Waals surface area contributed by atoms with E-state index in [9.17, 15) is 0 Å². The van der Waals surface area contributed by atoms with Crippen LogP contribution in [0.25, 0.3) is 0 Å². The third kappa shape index (κ3) is 3.53. The van der Waals surface area contributed by atoms with Crippen LogP contribution in [0.2, 0.25) is 0 Å². The van der Waals surface area contributed by atoms with Gasteiger partial charge in [0.2, 0.25) is 5.13 Å². The molecule has 1 N–H and O–H groups in total. The number of anilines is 2. The van der Waals surface area contributed by atoms with Crippen LogP contribution in [-0.2, 0) is 0 Å². The van der Waals surface area contributed by atoms with Crippen molar-refractivity contribution in [1.29, 1.82) is 0 Å². The number of azo groups is 1. The van der Waals surface area contributed by atoms with Gasteiger partial charge < -0.3 is 5.32 Å².